The molecule has 19 heavy (non-hydrogen) atoms. The summed E-state index contributed by atoms with van der Waals surface area (Å²) in [5, 5.41) is 23.1. The first-order chi connectivity index (χ1) is 8.97. The van der Waals surface area contributed by atoms with Gasteiger partial charge in [0.05, 0.1) is 4.92 Å². The van der Waals surface area contributed by atoms with Gasteiger partial charge in [-0.25, -0.2) is 4.79 Å². The molecule has 0 fully saturated rings. The van der Waals surface area contributed by atoms with Gasteiger partial charge in [0.25, 0.3) is 5.69 Å². The van der Waals surface area contributed by atoms with Crippen molar-refractivity contribution in [1.29, 1.82) is 0 Å². The van der Waals surface area contributed by atoms with Gasteiger partial charge in [-0.05, 0) is 18.0 Å². The van der Waals surface area contributed by atoms with Crippen LogP contribution in [0.5, 0.6) is 0 Å². The van der Waals surface area contributed by atoms with Gasteiger partial charge in [0.2, 0.25) is 0 Å². The van der Waals surface area contributed by atoms with Crippen molar-refractivity contribution in [2.45, 2.75) is 26.8 Å². The van der Waals surface area contributed by atoms with Crippen LogP contribution in [0.15, 0.2) is 18.2 Å². The molecule has 0 aliphatic heterocycles. The van der Waals surface area contributed by atoms with Crippen molar-refractivity contribution in [1.82, 2.24) is 5.32 Å². The van der Waals surface area contributed by atoms with Crippen LogP contribution < -0.4 is 5.32 Å². The second-order valence-corrected chi connectivity index (χ2v) is 4.52. The lowest BCUT2D eigenvalue weighted by molar-refractivity contribution is -0.385. The average Bonchev–Trinajstić information content (AvgIpc) is 2.37. The van der Waals surface area contributed by atoms with Crippen molar-refractivity contribution in [3.63, 3.8) is 0 Å². The Balaban J connectivity index is 2.91. The zero-order valence-corrected chi connectivity index (χ0v) is 11.0. The van der Waals surface area contributed by atoms with Crippen molar-refractivity contribution in [3.05, 3.63) is 39.4 Å². The van der Waals surface area contributed by atoms with E-state index in [4.69, 9.17) is 5.11 Å². The maximum absolute atomic E-state index is 11.2. The van der Waals surface area contributed by atoms with Crippen LogP contribution in [0.25, 0.3) is 0 Å². The zero-order valence-electron chi connectivity index (χ0n) is 11.0. The van der Waals surface area contributed by atoms with E-state index in [1.54, 1.807) is 6.07 Å². The van der Waals surface area contributed by atoms with Crippen LogP contribution in [0, 0.1) is 16.0 Å². The molecule has 104 valence electrons. The van der Waals surface area contributed by atoms with Gasteiger partial charge < -0.3 is 10.4 Å². The third-order valence-corrected chi connectivity index (χ3v) is 3.04. The maximum atomic E-state index is 11.2. The van der Waals surface area contributed by atoms with Crippen LogP contribution in [0.4, 0.5) is 5.69 Å². The molecule has 6 nitrogen and oxygen atoms in total. The van der Waals surface area contributed by atoms with Gasteiger partial charge in [0.1, 0.15) is 5.56 Å². The Labute approximate surface area is 111 Å². The monoisotopic (exact) mass is 266 g/mol. The first-order valence-corrected chi connectivity index (χ1v) is 6.17. The van der Waals surface area contributed by atoms with Gasteiger partial charge in [-0.2, -0.15) is 0 Å². The number of carbonyl (C=O) groups is 1. The fourth-order valence-corrected chi connectivity index (χ4v) is 1.73. The van der Waals surface area contributed by atoms with Crippen molar-refractivity contribution < 1.29 is 14.8 Å². The van der Waals surface area contributed by atoms with Gasteiger partial charge in [-0.1, -0.05) is 32.4 Å². The quantitative estimate of drug-likeness (QED) is 0.584. The number of nitrogens with zero attached hydrogens (tertiary/aromatic N) is 1. The minimum atomic E-state index is -1.27. The lowest BCUT2D eigenvalue weighted by Crippen LogP contribution is -2.22. The van der Waals surface area contributed by atoms with Crippen LogP contribution in [-0.4, -0.2) is 22.5 Å². The predicted octanol–water partition coefficient (Wildman–Crippen LogP) is 2.43. The van der Waals surface area contributed by atoms with Gasteiger partial charge in [0, 0.05) is 12.6 Å². The van der Waals surface area contributed by atoms with E-state index in [9.17, 15) is 14.9 Å². The van der Waals surface area contributed by atoms with Crippen molar-refractivity contribution >= 4 is 11.7 Å². The third kappa shape index (κ3) is 4.03. The van der Waals surface area contributed by atoms with E-state index in [1.165, 1.54) is 12.1 Å². The van der Waals surface area contributed by atoms with Crippen LogP contribution in [0.2, 0.25) is 0 Å². The molecular weight excluding hydrogens is 248 g/mol. The summed E-state index contributed by atoms with van der Waals surface area (Å²) in [6.45, 7) is 5.22. The van der Waals surface area contributed by atoms with E-state index < -0.39 is 10.9 Å². The first kappa shape index (κ1) is 15.1. The molecule has 0 heterocycles. The summed E-state index contributed by atoms with van der Waals surface area (Å²) in [5.74, 6) is -0.792. The Bertz CT molecular complexity index is 474. The molecular formula is C13H18N2O4. The molecule has 0 bridgehead atoms. The van der Waals surface area contributed by atoms with E-state index in [1.807, 2.05) is 0 Å². The highest BCUT2D eigenvalue weighted by atomic mass is 16.6. The largest absolute Gasteiger partial charge is 0.477 e. The number of benzene rings is 1. The summed E-state index contributed by atoms with van der Waals surface area (Å²) >= 11 is 0. The van der Waals surface area contributed by atoms with Crippen LogP contribution in [-0.2, 0) is 6.54 Å². The summed E-state index contributed by atoms with van der Waals surface area (Å²) in [6, 6.07) is 4.31. The van der Waals surface area contributed by atoms with Crippen molar-refractivity contribution in [3.8, 4) is 0 Å². The SMILES string of the molecule is CCC(C)CNCc1cccc([N+](=O)[O-])c1C(=O)O. The number of hydrogen-bond acceptors (Lipinski definition) is 4. The average molecular weight is 266 g/mol. The fraction of sp³-hybridized carbons (Fsp3) is 0.462. The molecule has 0 amide bonds. The topological polar surface area (TPSA) is 92.5 Å². The molecule has 1 atom stereocenters. The summed E-state index contributed by atoms with van der Waals surface area (Å²) in [4.78, 5) is 21.3. The number of nitrogens with one attached hydrogen (secondary N) is 1. The van der Waals surface area contributed by atoms with Gasteiger partial charge in [0.15, 0.2) is 0 Å². The molecule has 1 aromatic rings. The van der Waals surface area contributed by atoms with Crippen LogP contribution in [0.3, 0.4) is 0 Å². The number of carboxylic acid groups (broad SMARTS) is 1. The van der Waals surface area contributed by atoms with Gasteiger partial charge in [-0.15, -0.1) is 0 Å². The minimum absolute atomic E-state index is 0.232. The molecule has 6 heteroatoms. The Morgan fingerprint density at radius 3 is 2.74 bits per heavy atom. The lowest BCUT2D eigenvalue weighted by atomic mass is 10.0. The number of carboxylic acids is 1. The van der Waals surface area contributed by atoms with E-state index in [2.05, 4.69) is 19.2 Å². The molecule has 0 radical (unpaired) electrons. The van der Waals surface area contributed by atoms with Crippen LogP contribution in [0.1, 0.15) is 36.2 Å². The molecule has 1 rings (SSSR count). The highest BCUT2D eigenvalue weighted by molar-refractivity contribution is 5.94. The Morgan fingerprint density at radius 1 is 1.53 bits per heavy atom. The molecule has 0 spiro atoms. The minimum Gasteiger partial charge on any atom is -0.477 e. The van der Waals surface area contributed by atoms with E-state index in [0.29, 0.717) is 18.0 Å². The van der Waals surface area contributed by atoms with Gasteiger partial charge >= 0.3 is 5.97 Å². The molecule has 2 N–H and O–H groups in total. The third-order valence-electron chi connectivity index (χ3n) is 3.04. The summed E-state index contributed by atoms with van der Waals surface area (Å²) in [6.07, 6.45) is 1.02. The fourth-order valence-electron chi connectivity index (χ4n) is 1.73. The zero-order chi connectivity index (χ0) is 14.4. The second kappa shape index (κ2) is 6.84. The highest BCUT2D eigenvalue weighted by Gasteiger charge is 2.22. The Kier molecular flexibility index (Phi) is 5.44. The van der Waals surface area contributed by atoms with E-state index in [0.717, 1.165) is 13.0 Å². The number of hydrogen-bond donors (Lipinski definition) is 2. The van der Waals surface area contributed by atoms with E-state index in [-0.39, 0.29) is 11.3 Å². The standard InChI is InChI=1S/C13H18N2O4/c1-3-9(2)7-14-8-10-5-4-6-11(15(18)19)12(10)13(16)17/h4-6,9,14H,3,7-8H2,1-2H3,(H,16,17). The molecule has 0 saturated heterocycles. The van der Waals surface area contributed by atoms with E-state index >= 15 is 0 Å². The molecule has 0 aliphatic carbocycles. The summed E-state index contributed by atoms with van der Waals surface area (Å²) in [5.41, 5.74) is -0.163. The first-order valence-electron chi connectivity index (χ1n) is 6.17. The number of rotatable bonds is 7. The number of nitro groups is 1. The lowest BCUT2D eigenvalue weighted by Gasteiger charge is -2.11. The van der Waals surface area contributed by atoms with Crippen molar-refractivity contribution in [2.75, 3.05) is 6.54 Å². The molecule has 0 aliphatic rings. The molecule has 0 aromatic heterocycles. The number of nitro benzene ring substituents is 1. The highest BCUT2D eigenvalue weighted by Crippen LogP contribution is 2.22. The second-order valence-electron chi connectivity index (χ2n) is 4.52. The molecule has 1 unspecified atom stereocenters. The Morgan fingerprint density at radius 2 is 2.21 bits per heavy atom. The van der Waals surface area contributed by atoms with Crippen LogP contribution >= 0.6 is 0 Å². The predicted molar refractivity (Wildman–Crippen MR) is 71.2 cm³/mol. The van der Waals surface area contributed by atoms with Crippen molar-refractivity contribution in [2.24, 2.45) is 5.92 Å². The smallest absolute Gasteiger partial charge is 0.343 e. The molecule has 0 saturated carbocycles. The number of aromatic carboxylic acids is 1. The summed E-state index contributed by atoms with van der Waals surface area (Å²) < 4.78 is 0. The summed E-state index contributed by atoms with van der Waals surface area (Å²) in [7, 11) is 0. The maximum Gasteiger partial charge on any atom is 0.343 e. The van der Waals surface area contributed by atoms with Gasteiger partial charge in [-0.3, -0.25) is 10.1 Å². The Hall–Kier alpha value is -1.95. The molecule has 1 aromatic carbocycles. The normalized spacial score (nSPS) is 12.1.